The molecule has 0 aliphatic rings. The molecule has 18 heavy (non-hydrogen) atoms. The number of rotatable bonds is 2. The zero-order valence-electron chi connectivity index (χ0n) is 9.54. The molecule has 0 bridgehead atoms. The summed E-state index contributed by atoms with van der Waals surface area (Å²) in [6.45, 7) is 2.75. The molecule has 2 aromatic carbocycles. The minimum atomic E-state index is -1.50. The van der Waals surface area contributed by atoms with Crippen molar-refractivity contribution in [2.24, 2.45) is 0 Å². The summed E-state index contributed by atoms with van der Waals surface area (Å²) in [5.74, 6) is -3.00. The number of hydrogen-bond donors (Lipinski definition) is 2. The van der Waals surface area contributed by atoms with Crippen LogP contribution in [0.5, 0.6) is 0 Å². The Kier molecular flexibility index (Phi) is 4.63. The van der Waals surface area contributed by atoms with Crippen molar-refractivity contribution in [3.8, 4) is 0 Å². The number of carboxylic acids is 2. The van der Waals surface area contributed by atoms with Crippen LogP contribution in [-0.4, -0.2) is 22.2 Å². The van der Waals surface area contributed by atoms with Crippen molar-refractivity contribution >= 4 is 22.7 Å². The molecule has 2 aromatic rings. The van der Waals surface area contributed by atoms with Crippen molar-refractivity contribution < 1.29 is 19.8 Å². The largest absolute Gasteiger partial charge is 0.477 e. The molecule has 0 amide bonds. The third kappa shape index (κ3) is 3.75. The fourth-order valence-corrected chi connectivity index (χ4v) is 1.22. The lowest BCUT2D eigenvalue weighted by Crippen LogP contribution is -2.08. The first-order chi connectivity index (χ1) is 8.52. The van der Waals surface area contributed by atoms with Gasteiger partial charge in [-0.1, -0.05) is 55.1 Å². The molecular formula is C14H12O4. The van der Waals surface area contributed by atoms with Gasteiger partial charge in [0.15, 0.2) is 0 Å². The van der Waals surface area contributed by atoms with Crippen LogP contribution in [0.1, 0.15) is 0 Å². The topological polar surface area (TPSA) is 74.6 Å². The smallest absolute Gasteiger partial charge is 0.342 e. The molecule has 0 aliphatic carbocycles. The van der Waals surface area contributed by atoms with Gasteiger partial charge in [0, 0.05) is 0 Å². The molecule has 0 saturated carbocycles. The Hall–Kier alpha value is -2.62. The molecule has 0 radical (unpaired) electrons. The molecule has 0 aromatic heterocycles. The highest BCUT2D eigenvalue weighted by Gasteiger charge is 2.10. The SMILES string of the molecule is C=C(C(=O)O)C(=O)O.c1ccc2ccccc2c1. The van der Waals surface area contributed by atoms with Crippen LogP contribution in [0.2, 0.25) is 0 Å². The van der Waals surface area contributed by atoms with Gasteiger partial charge in [-0.2, -0.15) is 0 Å². The van der Waals surface area contributed by atoms with Gasteiger partial charge in [0.2, 0.25) is 0 Å². The summed E-state index contributed by atoms with van der Waals surface area (Å²) in [7, 11) is 0. The third-order valence-corrected chi connectivity index (χ3v) is 2.18. The van der Waals surface area contributed by atoms with Crippen molar-refractivity contribution in [2.75, 3.05) is 0 Å². The van der Waals surface area contributed by atoms with Crippen LogP contribution in [0.3, 0.4) is 0 Å². The van der Waals surface area contributed by atoms with Crippen molar-refractivity contribution in [1.29, 1.82) is 0 Å². The maximum atomic E-state index is 9.66. The summed E-state index contributed by atoms with van der Waals surface area (Å²) in [6, 6.07) is 16.7. The number of carboxylic acid groups (broad SMARTS) is 2. The fraction of sp³-hybridized carbons (Fsp3) is 0. The Morgan fingerprint density at radius 3 is 1.22 bits per heavy atom. The zero-order valence-corrected chi connectivity index (χ0v) is 9.54. The lowest BCUT2D eigenvalue weighted by molar-refractivity contribution is -0.140. The Balaban J connectivity index is 0.000000187. The predicted octanol–water partition coefficient (Wildman–Crippen LogP) is 2.55. The first-order valence-electron chi connectivity index (χ1n) is 5.11. The predicted molar refractivity (Wildman–Crippen MR) is 68.4 cm³/mol. The summed E-state index contributed by atoms with van der Waals surface area (Å²) in [4.78, 5) is 19.3. The second kappa shape index (κ2) is 6.20. The summed E-state index contributed by atoms with van der Waals surface area (Å²) < 4.78 is 0. The first-order valence-corrected chi connectivity index (χ1v) is 5.11. The monoisotopic (exact) mass is 244 g/mol. The number of carbonyl (C=O) groups is 2. The summed E-state index contributed by atoms with van der Waals surface area (Å²) in [5, 5.41) is 18.4. The maximum absolute atomic E-state index is 9.66. The van der Waals surface area contributed by atoms with Gasteiger partial charge in [0.25, 0.3) is 0 Å². The average molecular weight is 244 g/mol. The average Bonchev–Trinajstić information content (AvgIpc) is 2.38. The Labute approximate surface area is 104 Å². The molecule has 0 aliphatic heterocycles. The Morgan fingerprint density at radius 2 is 1.06 bits per heavy atom. The van der Waals surface area contributed by atoms with E-state index in [4.69, 9.17) is 10.2 Å². The van der Waals surface area contributed by atoms with E-state index >= 15 is 0 Å². The Morgan fingerprint density at radius 1 is 0.778 bits per heavy atom. The van der Waals surface area contributed by atoms with Crippen LogP contribution in [0.25, 0.3) is 10.8 Å². The molecule has 4 nitrogen and oxygen atoms in total. The standard InChI is InChI=1S/C10H8.C4H4O4/c1-2-6-10-8-4-3-7-9(10)5-1;1-2(3(5)6)4(7)8/h1-8H;1H2,(H,5,6)(H,7,8). The number of hydrogen-bond acceptors (Lipinski definition) is 2. The second-order valence-electron chi connectivity index (χ2n) is 3.44. The minimum absolute atomic E-state index is 0.815. The fourth-order valence-electron chi connectivity index (χ4n) is 1.22. The number of fused-ring (bicyclic) bond motifs is 1. The molecule has 2 rings (SSSR count). The lowest BCUT2D eigenvalue weighted by atomic mass is 10.1. The highest BCUT2D eigenvalue weighted by molar-refractivity contribution is 6.11. The van der Waals surface area contributed by atoms with Gasteiger partial charge in [-0.05, 0) is 10.8 Å². The zero-order chi connectivity index (χ0) is 13.5. The molecule has 0 fully saturated rings. The molecule has 2 N–H and O–H groups in total. The van der Waals surface area contributed by atoms with Gasteiger partial charge in [0.05, 0.1) is 0 Å². The molecule has 4 heteroatoms. The number of benzene rings is 2. The van der Waals surface area contributed by atoms with E-state index in [2.05, 4.69) is 55.1 Å². The van der Waals surface area contributed by atoms with E-state index in [1.807, 2.05) is 0 Å². The maximum Gasteiger partial charge on any atom is 0.342 e. The summed E-state index contributed by atoms with van der Waals surface area (Å²) >= 11 is 0. The quantitative estimate of drug-likeness (QED) is 0.483. The van der Waals surface area contributed by atoms with Crippen molar-refractivity contribution in [3.63, 3.8) is 0 Å². The van der Waals surface area contributed by atoms with Crippen LogP contribution in [0, 0.1) is 0 Å². The Bertz CT molecular complexity index is 506. The minimum Gasteiger partial charge on any atom is -0.477 e. The van der Waals surface area contributed by atoms with Gasteiger partial charge >= 0.3 is 11.9 Å². The molecular weight excluding hydrogens is 232 g/mol. The van der Waals surface area contributed by atoms with E-state index in [-0.39, 0.29) is 0 Å². The lowest BCUT2D eigenvalue weighted by Gasteiger charge is -1.92. The molecule has 0 saturated heterocycles. The summed E-state index contributed by atoms with van der Waals surface area (Å²) in [5.41, 5.74) is -0.815. The molecule has 0 atom stereocenters. The van der Waals surface area contributed by atoms with E-state index < -0.39 is 17.5 Å². The van der Waals surface area contributed by atoms with Crippen molar-refractivity contribution in [2.45, 2.75) is 0 Å². The van der Waals surface area contributed by atoms with Crippen LogP contribution < -0.4 is 0 Å². The van der Waals surface area contributed by atoms with E-state index in [1.165, 1.54) is 10.8 Å². The molecule has 92 valence electrons. The highest BCUT2D eigenvalue weighted by Crippen LogP contribution is 2.11. The van der Waals surface area contributed by atoms with E-state index in [0.29, 0.717) is 0 Å². The first kappa shape index (κ1) is 13.4. The molecule has 0 spiro atoms. The van der Waals surface area contributed by atoms with E-state index in [1.54, 1.807) is 0 Å². The van der Waals surface area contributed by atoms with Crippen LogP contribution in [-0.2, 0) is 9.59 Å². The van der Waals surface area contributed by atoms with Crippen LogP contribution in [0.4, 0.5) is 0 Å². The number of aliphatic carboxylic acids is 2. The highest BCUT2D eigenvalue weighted by atomic mass is 16.4. The van der Waals surface area contributed by atoms with Gasteiger partial charge in [0.1, 0.15) is 5.57 Å². The van der Waals surface area contributed by atoms with Crippen LogP contribution >= 0.6 is 0 Å². The van der Waals surface area contributed by atoms with E-state index in [9.17, 15) is 9.59 Å². The van der Waals surface area contributed by atoms with Gasteiger partial charge in [-0.25, -0.2) is 9.59 Å². The van der Waals surface area contributed by atoms with Crippen molar-refractivity contribution in [1.82, 2.24) is 0 Å². The van der Waals surface area contributed by atoms with Gasteiger partial charge in [-0.15, -0.1) is 0 Å². The molecule has 0 heterocycles. The van der Waals surface area contributed by atoms with Gasteiger partial charge in [-0.3, -0.25) is 0 Å². The second-order valence-corrected chi connectivity index (χ2v) is 3.44. The van der Waals surface area contributed by atoms with Crippen LogP contribution in [0.15, 0.2) is 60.7 Å². The summed E-state index contributed by atoms with van der Waals surface area (Å²) in [6.07, 6.45) is 0. The van der Waals surface area contributed by atoms with Crippen molar-refractivity contribution in [3.05, 3.63) is 60.7 Å². The third-order valence-electron chi connectivity index (χ3n) is 2.18. The molecule has 0 unspecified atom stereocenters. The normalized spacial score (nSPS) is 9.11. The van der Waals surface area contributed by atoms with Gasteiger partial charge < -0.3 is 10.2 Å². The van der Waals surface area contributed by atoms with E-state index in [0.717, 1.165) is 0 Å².